The molecule has 0 atom stereocenters. The Morgan fingerprint density at radius 1 is 1.19 bits per heavy atom. The van der Waals surface area contributed by atoms with Crippen molar-refractivity contribution in [3.8, 4) is 6.07 Å². The summed E-state index contributed by atoms with van der Waals surface area (Å²) in [6, 6.07) is 12.0. The molecule has 0 bridgehead atoms. The molecule has 4 nitrogen and oxygen atoms in total. The van der Waals surface area contributed by atoms with Gasteiger partial charge >= 0.3 is 0 Å². The van der Waals surface area contributed by atoms with E-state index in [-0.39, 0.29) is 22.8 Å². The lowest BCUT2D eigenvalue weighted by Gasteiger charge is -2.20. The van der Waals surface area contributed by atoms with E-state index in [0.717, 1.165) is 0 Å². The number of nitriles is 1. The Morgan fingerprint density at radius 2 is 1.95 bits per heavy atom. The summed E-state index contributed by atoms with van der Waals surface area (Å²) in [7, 11) is -3.82. The number of hydrogen-bond donors (Lipinski definition) is 0. The Kier molecular flexibility index (Phi) is 3.15. The highest BCUT2D eigenvalue weighted by Crippen LogP contribution is 2.34. The van der Waals surface area contributed by atoms with Crippen LogP contribution in [-0.4, -0.2) is 15.0 Å². The number of sulfonamides is 1. The molecular weight excluding hydrogens is 291 g/mol. The molecule has 0 unspecified atom stereocenters. The minimum atomic E-state index is -3.82. The second kappa shape index (κ2) is 4.86. The van der Waals surface area contributed by atoms with Crippen molar-refractivity contribution in [1.29, 1.82) is 5.26 Å². The van der Waals surface area contributed by atoms with E-state index in [9.17, 15) is 12.8 Å². The molecule has 0 saturated heterocycles. The summed E-state index contributed by atoms with van der Waals surface area (Å²) in [5.41, 5.74) is 1.24. The smallest absolute Gasteiger partial charge is 0.265 e. The van der Waals surface area contributed by atoms with Crippen LogP contribution in [0.5, 0.6) is 0 Å². The van der Waals surface area contributed by atoms with Crippen LogP contribution in [0, 0.1) is 17.1 Å². The molecule has 3 rings (SSSR count). The van der Waals surface area contributed by atoms with Crippen molar-refractivity contribution >= 4 is 15.7 Å². The third kappa shape index (κ3) is 2.16. The average molecular weight is 302 g/mol. The van der Waals surface area contributed by atoms with Crippen molar-refractivity contribution in [1.82, 2.24) is 0 Å². The SMILES string of the molecule is N#Cc1ccccc1S(=O)(=O)N1CCc2cc(F)ccc21. The van der Waals surface area contributed by atoms with Crippen molar-refractivity contribution in [2.75, 3.05) is 10.8 Å². The number of fused-ring (bicyclic) bond motifs is 1. The first-order valence-corrected chi connectivity index (χ1v) is 7.78. The van der Waals surface area contributed by atoms with Crippen LogP contribution < -0.4 is 4.31 Å². The topological polar surface area (TPSA) is 61.2 Å². The first-order chi connectivity index (χ1) is 10.0. The molecule has 0 spiro atoms. The fourth-order valence-electron chi connectivity index (χ4n) is 2.49. The van der Waals surface area contributed by atoms with Gasteiger partial charge in [-0.25, -0.2) is 12.8 Å². The molecule has 0 N–H and O–H groups in total. The van der Waals surface area contributed by atoms with Crippen LogP contribution in [0.4, 0.5) is 10.1 Å². The minimum absolute atomic E-state index is 0.0234. The maximum Gasteiger partial charge on any atom is 0.265 e. The molecule has 6 heteroatoms. The molecule has 0 aromatic heterocycles. The zero-order valence-corrected chi connectivity index (χ0v) is 11.8. The van der Waals surface area contributed by atoms with E-state index in [1.165, 1.54) is 34.6 Å². The molecule has 1 heterocycles. The number of halogens is 1. The molecule has 2 aromatic rings. The Bertz CT molecular complexity index is 856. The highest BCUT2D eigenvalue weighted by Gasteiger charge is 2.32. The molecule has 2 aromatic carbocycles. The predicted octanol–water partition coefficient (Wildman–Crippen LogP) is 2.45. The molecule has 21 heavy (non-hydrogen) atoms. The average Bonchev–Trinajstić information content (AvgIpc) is 2.90. The zero-order chi connectivity index (χ0) is 15.0. The maximum absolute atomic E-state index is 13.2. The van der Waals surface area contributed by atoms with Crippen LogP contribution >= 0.6 is 0 Å². The molecule has 1 aliphatic rings. The quantitative estimate of drug-likeness (QED) is 0.856. The lowest BCUT2D eigenvalue weighted by molar-refractivity contribution is 0.592. The normalized spacial score (nSPS) is 13.8. The van der Waals surface area contributed by atoms with Crippen LogP contribution in [0.25, 0.3) is 0 Å². The van der Waals surface area contributed by atoms with Gasteiger partial charge in [0.25, 0.3) is 10.0 Å². The van der Waals surface area contributed by atoms with Crippen molar-refractivity contribution in [3.63, 3.8) is 0 Å². The number of nitrogens with zero attached hydrogens (tertiary/aromatic N) is 2. The number of benzene rings is 2. The van der Waals surface area contributed by atoms with Gasteiger partial charge in [0.15, 0.2) is 0 Å². The fourth-order valence-corrected chi connectivity index (χ4v) is 4.14. The molecule has 0 radical (unpaired) electrons. The van der Waals surface area contributed by atoms with Gasteiger partial charge in [0.05, 0.1) is 11.3 Å². The van der Waals surface area contributed by atoms with Gasteiger partial charge in [0, 0.05) is 6.54 Å². The Morgan fingerprint density at radius 3 is 2.71 bits per heavy atom. The molecule has 0 fully saturated rings. The molecule has 1 aliphatic heterocycles. The van der Waals surface area contributed by atoms with E-state index in [2.05, 4.69) is 0 Å². The van der Waals surface area contributed by atoms with Crippen molar-refractivity contribution < 1.29 is 12.8 Å². The van der Waals surface area contributed by atoms with Crippen molar-refractivity contribution in [2.24, 2.45) is 0 Å². The summed E-state index contributed by atoms with van der Waals surface area (Å²) in [5.74, 6) is -0.384. The molecule has 0 amide bonds. The zero-order valence-electron chi connectivity index (χ0n) is 11.0. The third-order valence-electron chi connectivity index (χ3n) is 3.47. The molecule has 106 valence electrons. The summed E-state index contributed by atoms with van der Waals surface area (Å²) >= 11 is 0. The standard InChI is InChI=1S/C15H11FN2O2S/c16-13-5-6-14-11(9-13)7-8-18(14)21(19,20)15-4-2-1-3-12(15)10-17/h1-6,9H,7-8H2. The van der Waals surface area contributed by atoms with Gasteiger partial charge in [-0.3, -0.25) is 4.31 Å². The van der Waals surface area contributed by atoms with E-state index in [1.54, 1.807) is 12.1 Å². The Labute approximate surface area is 122 Å². The van der Waals surface area contributed by atoms with E-state index in [1.807, 2.05) is 6.07 Å². The van der Waals surface area contributed by atoms with Crippen molar-refractivity contribution in [2.45, 2.75) is 11.3 Å². The van der Waals surface area contributed by atoms with E-state index in [4.69, 9.17) is 5.26 Å². The summed E-state index contributed by atoms with van der Waals surface area (Å²) in [6.45, 7) is 0.251. The van der Waals surface area contributed by atoms with E-state index < -0.39 is 10.0 Å². The summed E-state index contributed by atoms with van der Waals surface area (Å²) in [6.07, 6.45) is 0.459. The van der Waals surface area contributed by atoms with Gasteiger partial charge in [0.1, 0.15) is 16.8 Å². The second-order valence-electron chi connectivity index (χ2n) is 4.71. The Hall–Kier alpha value is -2.39. The van der Waals surface area contributed by atoms with Gasteiger partial charge in [-0.1, -0.05) is 12.1 Å². The fraction of sp³-hybridized carbons (Fsp3) is 0.133. The number of hydrogen-bond acceptors (Lipinski definition) is 3. The maximum atomic E-state index is 13.2. The van der Waals surface area contributed by atoms with E-state index in [0.29, 0.717) is 17.7 Å². The van der Waals surface area contributed by atoms with Gasteiger partial charge in [-0.05, 0) is 42.3 Å². The molecular formula is C15H11FN2O2S. The van der Waals surface area contributed by atoms with Crippen molar-refractivity contribution in [3.05, 3.63) is 59.4 Å². The van der Waals surface area contributed by atoms with Crippen LogP contribution in [0.3, 0.4) is 0 Å². The van der Waals surface area contributed by atoms with Crippen LogP contribution in [-0.2, 0) is 16.4 Å². The predicted molar refractivity (Wildman–Crippen MR) is 75.8 cm³/mol. The highest BCUT2D eigenvalue weighted by atomic mass is 32.2. The van der Waals surface area contributed by atoms with Gasteiger partial charge in [-0.15, -0.1) is 0 Å². The van der Waals surface area contributed by atoms with Gasteiger partial charge < -0.3 is 0 Å². The molecule has 0 saturated carbocycles. The first kappa shape index (κ1) is 13.6. The van der Waals surface area contributed by atoms with Crippen LogP contribution in [0.2, 0.25) is 0 Å². The third-order valence-corrected chi connectivity index (χ3v) is 5.34. The lowest BCUT2D eigenvalue weighted by Crippen LogP contribution is -2.29. The lowest BCUT2D eigenvalue weighted by atomic mass is 10.2. The molecule has 0 aliphatic carbocycles. The largest absolute Gasteiger partial charge is 0.266 e. The summed E-state index contributed by atoms with van der Waals surface area (Å²) in [4.78, 5) is -0.0234. The Balaban J connectivity index is 2.12. The first-order valence-electron chi connectivity index (χ1n) is 6.34. The minimum Gasteiger partial charge on any atom is -0.266 e. The second-order valence-corrected chi connectivity index (χ2v) is 6.54. The van der Waals surface area contributed by atoms with Crippen LogP contribution in [0.15, 0.2) is 47.4 Å². The number of rotatable bonds is 2. The summed E-state index contributed by atoms with van der Waals surface area (Å²) in [5, 5.41) is 9.07. The van der Waals surface area contributed by atoms with E-state index >= 15 is 0 Å². The monoisotopic (exact) mass is 302 g/mol. The number of anilines is 1. The summed E-state index contributed by atoms with van der Waals surface area (Å²) < 4.78 is 39.9. The van der Waals surface area contributed by atoms with Crippen LogP contribution in [0.1, 0.15) is 11.1 Å². The highest BCUT2D eigenvalue weighted by molar-refractivity contribution is 7.93. The van der Waals surface area contributed by atoms with Gasteiger partial charge in [0.2, 0.25) is 0 Å². The van der Waals surface area contributed by atoms with Gasteiger partial charge in [-0.2, -0.15) is 5.26 Å².